The van der Waals surface area contributed by atoms with Crippen molar-refractivity contribution < 1.29 is 5.11 Å². The van der Waals surface area contributed by atoms with Gasteiger partial charge in [-0.1, -0.05) is 65.0 Å². The smallest absolute Gasteiger partial charge is 0.0631 e. The highest BCUT2D eigenvalue weighted by Gasteiger charge is 2.30. The molecule has 1 atom stereocenters. The van der Waals surface area contributed by atoms with Crippen LogP contribution in [0.3, 0.4) is 0 Å². The third-order valence-corrected chi connectivity index (χ3v) is 3.52. The maximum Gasteiger partial charge on any atom is 0.0631 e. The zero-order valence-corrected chi connectivity index (χ0v) is 11.8. The summed E-state index contributed by atoms with van der Waals surface area (Å²) in [4.78, 5) is 0. The molecule has 1 aromatic rings. The molecule has 0 aliphatic rings. The molecular weight excluding hydrogens is 208 g/mol. The van der Waals surface area contributed by atoms with Crippen molar-refractivity contribution in [3.8, 4) is 0 Å². The average molecular weight is 234 g/mol. The Balaban J connectivity index is 2.71. The predicted molar refractivity (Wildman–Crippen MR) is 74.2 cm³/mol. The molecule has 0 aromatic heterocycles. The molecule has 0 aliphatic heterocycles. The van der Waals surface area contributed by atoms with E-state index < -0.39 is 0 Å². The van der Waals surface area contributed by atoms with E-state index in [4.69, 9.17) is 0 Å². The van der Waals surface area contributed by atoms with Crippen molar-refractivity contribution in [2.24, 2.45) is 5.41 Å². The Morgan fingerprint density at radius 2 is 1.53 bits per heavy atom. The van der Waals surface area contributed by atoms with Crippen LogP contribution in [-0.4, -0.2) is 11.2 Å². The van der Waals surface area contributed by atoms with Gasteiger partial charge in [-0.25, -0.2) is 0 Å². The van der Waals surface area contributed by atoms with E-state index in [-0.39, 0.29) is 16.9 Å². The van der Waals surface area contributed by atoms with E-state index in [1.54, 1.807) is 0 Å². The maximum atomic E-state index is 10.4. The fourth-order valence-electron chi connectivity index (χ4n) is 1.99. The molecule has 0 radical (unpaired) electrons. The summed E-state index contributed by atoms with van der Waals surface area (Å²) < 4.78 is 0. The first-order chi connectivity index (χ1) is 7.73. The quantitative estimate of drug-likeness (QED) is 0.829. The number of aliphatic hydroxyl groups is 1. The minimum absolute atomic E-state index is 0.174. The Labute approximate surface area is 106 Å². The Bertz CT molecular complexity index is 332. The van der Waals surface area contributed by atoms with Gasteiger partial charge in [-0.2, -0.15) is 0 Å². The van der Waals surface area contributed by atoms with Crippen LogP contribution in [0.15, 0.2) is 30.3 Å². The lowest BCUT2D eigenvalue weighted by Gasteiger charge is -2.33. The van der Waals surface area contributed by atoms with Crippen LogP contribution in [0.2, 0.25) is 0 Å². The first-order valence-electron chi connectivity index (χ1n) is 6.47. The van der Waals surface area contributed by atoms with Gasteiger partial charge in [0.2, 0.25) is 0 Å². The van der Waals surface area contributed by atoms with Crippen molar-refractivity contribution in [2.45, 2.75) is 59.0 Å². The van der Waals surface area contributed by atoms with Gasteiger partial charge in [0.25, 0.3) is 0 Å². The molecule has 1 unspecified atom stereocenters. The number of aliphatic hydroxyl groups excluding tert-OH is 1. The zero-order chi connectivity index (χ0) is 13.1. The molecule has 0 saturated carbocycles. The van der Waals surface area contributed by atoms with Crippen molar-refractivity contribution in [1.29, 1.82) is 0 Å². The molecule has 0 aliphatic carbocycles. The Hall–Kier alpha value is -0.820. The molecule has 0 spiro atoms. The summed E-state index contributed by atoms with van der Waals surface area (Å²) in [5.74, 6) is 0. The van der Waals surface area contributed by atoms with Crippen molar-refractivity contribution in [3.63, 3.8) is 0 Å². The van der Waals surface area contributed by atoms with E-state index >= 15 is 0 Å². The van der Waals surface area contributed by atoms with Crippen molar-refractivity contribution in [2.75, 3.05) is 0 Å². The second-order valence-corrected chi connectivity index (χ2v) is 6.70. The highest BCUT2D eigenvalue weighted by molar-refractivity contribution is 5.24. The van der Waals surface area contributed by atoms with E-state index in [2.05, 4.69) is 46.8 Å². The number of hydrogen-bond donors (Lipinski definition) is 1. The van der Waals surface area contributed by atoms with E-state index in [1.807, 2.05) is 18.2 Å². The zero-order valence-electron chi connectivity index (χ0n) is 11.8. The van der Waals surface area contributed by atoms with Gasteiger partial charge in [0.1, 0.15) is 0 Å². The molecule has 1 rings (SSSR count). The van der Waals surface area contributed by atoms with Crippen LogP contribution in [0.1, 0.15) is 53.0 Å². The van der Waals surface area contributed by atoms with Crippen molar-refractivity contribution in [1.82, 2.24) is 0 Å². The SMILES string of the molecule is CC(C)(C)CCC(O)C(C)(C)c1ccccc1. The minimum atomic E-state index is -0.288. The maximum absolute atomic E-state index is 10.4. The molecule has 0 fully saturated rings. The van der Waals surface area contributed by atoms with E-state index in [0.29, 0.717) is 0 Å². The van der Waals surface area contributed by atoms with Crippen LogP contribution in [0.5, 0.6) is 0 Å². The van der Waals surface area contributed by atoms with Gasteiger partial charge in [-0.05, 0) is 23.8 Å². The van der Waals surface area contributed by atoms with Crippen LogP contribution in [0, 0.1) is 5.41 Å². The number of rotatable bonds is 4. The molecule has 0 saturated heterocycles. The summed E-state index contributed by atoms with van der Waals surface area (Å²) in [6, 6.07) is 10.3. The first kappa shape index (κ1) is 14.2. The van der Waals surface area contributed by atoms with Crippen molar-refractivity contribution >= 4 is 0 Å². The first-order valence-corrected chi connectivity index (χ1v) is 6.47. The Kier molecular flexibility index (Phi) is 4.37. The van der Waals surface area contributed by atoms with Gasteiger partial charge in [-0.15, -0.1) is 0 Å². The minimum Gasteiger partial charge on any atom is -0.392 e. The summed E-state index contributed by atoms with van der Waals surface area (Å²) in [6.07, 6.45) is 1.61. The molecule has 17 heavy (non-hydrogen) atoms. The lowest BCUT2D eigenvalue weighted by atomic mass is 9.76. The third-order valence-electron chi connectivity index (χ3n) is 3.52. The molecule has 1 nitrogen and oxygen atoms in total. The molecule has 96 valence electrons. The van der Waals surface area contributed by atoms with E-state index in [1.165, 1.54) is 5.56 Å². The normalized spacial score (nSPS) is 14.7. The fraction of sp³-hybridized carbons (Fsp3) is 0.625. The molecular formula is C16H26O. The topological polar surface area (TPSA) is 20.2 Å². The van der Waals surface area contributed by atoms with Gasteiger partial charge >= 0.3 is 0 Å². The van der Waals surface area contributed by atoms with Gasteiger partial charge in [0.05, 0.1) is 6.10 Å². The molecule has 0 heterocycles. The van der Waals surface area contributed by atoms with Gasteiger partial charge in [0.15, 0.2) is 0 Å². The Morgan fingerprint density at radius 3 is 2.00 bits per heavy atom. The number of hydrogen-bond acceptors (Lipinski definition) is 1. The lowest BCUT2D eigenvalue weighted by Crippen LogP contribution is -2.34. The summed E-state index contributed by atoms with van der Waals surface area (Å²) in [5.41, 5.74) is 1.32. The van der Waals surface area contributed by atoms with Gasteiger partial charge < -0.3 is 5.11 Å². The summed E-state index contributed by atoms with van der Waals surface area (Å²) in [5, 5.41) is 10.4. The third kappa shape index (κ3) is 4.16. The standard InChI is InChI=1S/C16H26O/c1-15(2,3)12-11-14(17)16(4,5)13-9-7-6-8-10-13/h6-10,14,17H,11-12H2,1-5H3. The monoisotopic (exact) mass is 234 g/mol. The molecule has 1 N–H and O–H groups in total. The van der Waals surface area contributed by atoms with Gasteiger partial charge in [0, 0.05) is 5.41 Å². The van der Waals surface area contributed by atoms with E-state index in [0.717, 1.165) is 12.8 Å². The predicted octanol–water partition coefficient (Wildman–Crippen LogP) is 4.15. The summed E-state index contributed by atoms with van der Waals surface area (Å²) in [7, 11) is 0. The molecule has 1 heteroatoms. The van der Waals surface area contributed by atoms with Crippen LogP contribution >= 0.6 is 0 Å². The lowest BCUT2D eigenvalue weighted by molar-refractivity contribution is 0.0791. The average Bonchev–Trinajstić information content (AvgIpc) is 2.26. The van der Waals surface area contributed by atoms with Crippen LogP contribution < -0.4 is 0 Å². The summed E-state index contributed by atoms with van der Waals surface area (Å²) in [6.45, 7) is 10.9. The number of benzene rings is 1. The molecule has 1 aromatic carbocycles. The van der Waals surface area contributed by atoms with Crippen LogP contribution in [0.25, 0.3) is 0 Å². The molecule has 0 bridgehead atoms. The highest BCUT2D eigenvalue weighted by atomic mass is 16.3. The summed E-state index contributed by atoms with van der Waals surface area (Å²) >= 11 is 0. The molecule has 0 amide bonds. The van der Waals surface area contributed by atoms with Crippen LogP contribution in [0.4, 0.5) is 0 Å². The Morgan fingerprint density at radius 1 is 1.00 bits per heavy atom. The second kappa shape index (κ2) is 5.22. The van der Waals surface area contributed by atoms with Crippen molar-refractivity contribution in [3.05, 3.63) is 35.9 Å². The van der Waals surface area contributed by atoms with Crippen LogP contribution in [-0.2, 0) is 5.41 Å². The van der Waals surface area contributed by atoms with Gasteiger partial charge in [-0.3, -0.25) is 0 Å². The fourth-order valence-corrected chi connectivity index (χ4v) is 1.99. The highest BCUT2D eigenvalue weighted by Crippen LogP contribution is 2.32. The second-order valence-electron chi connectivity index (χ2n) is 6.70. The van der Waals surface area contributed by atoms with E-state index in [9.17, 15) is 5.11 Å². The largest absolute Gasteiger partial charge is 0.392 e.